The van der Waals surface area contributed by atoms with E-state index in [2.05, 4.69) is 166 Å². The predicted octanol–water partition coefficient (Wildman–Crippen LogP) is 11.1. The summed E-state index contributed by atoms with van der Waals surface area (Å²) in [6.45, 7) is 17.1. The number of nitrogens with zero attached hydrogens (tertiary/aromatic N) is 2. The molecule has 6 nitrogen and oxygen atoms in total. The fourth-order valence-corrected chi connectivity index (χ4v) is 6.27. The quantitative estimate of drug-likeness (QED) is 0.0774. The number of phenolic OH excluding ortho intramolecular Hbond substituents is 1. The number of hydrogen-bond acceptors (Lipinski definition) is 6. The second-order valence-corrected chi connectivity index (χ2v) is 12.9. The van der Waals surface area contributed by atoms with E-state index in [9.17, 15) is 5.11 Å². The molecule has 0 unspecified atom stereocenters. The highest BCUT2D eigenvalue weighted by Gasteiger charge is 2.19. The van der Waals surface area contributed by atoms with Crippen LogP contribution in [0.5, 0.6) is 11.5 Å². The number of benzene rings is 4. The summed E-state index contributed by atoms with van der Waals surface area (Å²) in [6, 6.07) is 28.4. The lowest BCUT2D eigenvalue weighted by atomic mass is 10.0. The maximum Gasteiger partial charge on any atom is 0.186 e. The first-order chi connectivity index (χ1) is 23.7. The molecule has 0 aliphatic rings. The molecule has 3 N–H and O–H groups in total. The van der Waals surface area contributed by atoms with Crippen LogP contribution in [0, 0.1) is 0 Å². The summed E-state index contributed by atoms with van der Waals surface area (Å²) in [4.78, 5) is 4.70. The molecule has 0 spiro atoms. The third kappa shape index (κ3) is 9.85. The molecule has 6 heteroatoms. The van der Waals surface area contributed by atoms with E-state index in [-0.39, 0.29) is 5.75 Å². The molecule has 0 radical (unpaired) electrons. The first kappa shape index (κ1) is 37.0. The number of aromatic hydroxyl groups is 1. The maximum absolute atomic E-state index is 11.5. The third-order valence-corrected chi connectivity index (χ3v) is 8.87. The summed E-state index contributed by atoms with van der Waals surface area (Å²) in [6.07, 6.45) is 11.5. The second kappa shape index (κ2) is 18.1. The van der Waals surface area contributed by atoms with Crippen LogP contribution in [-0.2, 0) is 12.8 Å². The molecule has 4 rings (SSSR count). The Balaban J connectivity index is 1.67. The fraction of sp³-hybridized carbons (Fsp3) is 0.349. The van der Waals surface area contributed by atoms with Gasteiger partial charge >= 0.3 is 0 Å². The summed E-state index contributed by atoms with van der Waals surface area (Å²) in [7, 11) is 1.60. The van der Waals surface area contributed by atoms with E-state index in [1.165, 1.54) is 22.5 Å². The van der Waals surface area contributed by atoms with Crippen molar-refractivity contribution in [1.29, 1.82) is 0 Å². The van der Waals surface area contributed by atoms with Gasteiger partial charge in [-0.3, -0.25) is 0 Å². The third-order valence-electron chi connectivity index (χ3n) is 8.87. The van der Waals surface area contributed by atoms with Crippen LogP contribution in [-0.4, -0.2) is 37.4 Å². The number of anilines is 6. The molecule has 4 aromatic rings. The highest BCUT2D eigenvalue weighted by atomic mass is 16.5. The Morgan fingerprint density at radius 1 is 0.735 bits per heavy atom. The lowest BCUT2D eigenvalue weighted by molar-refractivity contribution is 0.376. The minimum atomic E-state index is 0.0469. The summed E-state index contributed by atoms with van der Waals surface area (Å²) in [5.41, 5.74) is 8.89. The Kier molecular flexibility index (Phi) is 13.6. The number of allylic oxidation sites excluding steroid dienone is 3. The molecular formula is C43H56N4O2. The molecule has 0 aliphatic carbocycles. The molecule has 0 atom stereocenters. The van der Waals surface area contributed by atoms with Gasteiger partial charge in [0.15, 0.2) is 11.5 Å². The Bertz CT molecular complexity index is 1660. The Morgan fingerprint density at radius 2 is 1.27 bits per heavy atom. The van der Waals surface area contributed by atoms with Gasteiger partial charge in [0.05, 0.1) is 18.5 Å². The van der Waals surface area contributed by atoms with Crippen LogP contribution in [0.1, 0.15) is 71.6 Å². The van der Waals surface area contributed by atoms with Crippen molar-refractivity contribution in [3.8, 4) is 11.5 Å². The molecule has 0 aliphatic heterocycles. The lowest BCUT2D eigenvalue weighted by Crippen LogP contribution is -2.30. The number of nitrogens with one attached hydrogen (secondary N) is 2. The normalized spacial score (nSPS) is 11.6. The fourth-order valence-electron chi connectivity index (χ4n) is 6.27. The number of methoxy groups -OCH3 is 1. The van der Waals surface area contributed by atoms with Gasteiger partial charge in [-0.2, -0.15) is 0 Å². The van der Waals surface area contributed by atoms with Gasteiger partial charge in [-0.25, -0.2) is 0 Å². The van der Waals surface area contributed by atoms with E-state index in [0.29, 0.717) is 29.2 Å². The first-order valence-corrected chi connectivity index (χ1v) is 17.8. The summed E-state index contributed by atoms with van der Waals surface area (Å²) < 4.78 is 5.88. The average molecular weight is 661 g/mol. The molecule has 0 bridgehead atoms. The number of aryl methyl sites for hydroxylation is 1. The van der Waals surface area contributed by atoms with Crippen LogP contribution in [0.2, 0.25) is 0 Å². The minimum Gasteiger partial charge on any atom is -0.503 e. The molecule has 0 saturated carbocycles. The summed E-state index contributed by atoms with van der Waals surface area (Å²) in [5.74, 6) is 0.427. The molecule has 260 valence electrons. The molecule has 0 amide bonds. The van der Waals surface area contributed by atoms with Gasteiger partial charge in [0.25, 0.3) is 0 Å². The van der Waals surface area contributed by atoms with Crippen LogP contribution in [0.15, 0.2) is 97.1 Å². The van der Waals surface area contributed by atoms with E-state index < -0.39 is 0 Å². The van der Waals surface area contributed by atoms with Crippen molar-refractivity contribution in [2.24, 2.45) is 0 Å². The Morgan fingerprint density at radius 3 is 1.76 bits per heavy atom. The SMILES string of the molecule is CC=CCCc1ccc(C/C=C/c2cc(Nc3ccc(N(CC)C(C)C)cc3)c(O)c(OC)c2Nc2ccc(N(CC)C(C)C)cc2)cc1. The van der Waals surface area contributed by atoms with Crippen molar-refractivity contribution >= 4 is 40.2 Å². The highest BCUT2D eigenvalue weighted by Crippen LogP contribution is 2.46. The monoisotopic (exact) mass is 660 g/mol. The van der Waals surface area contributed by atoms with Gasteiger partial charge in [-0.1, -0.05) is 48.6 Å². The number of rotatable bonds is 17. The lowest BCUT2D eigenvalue weighted by Gasteiger charge is -2.28. The molecule has 0 aromatic heterocycles. The van der Waals surface area contributed by atoms with E-state index in [4.69, 9.17) is 4.74 Å². The van der Waals surface area contributed by atoms with Crippen LogP contribution in [0.4, 0.5) is 34.1 Å². The van der Waals surface area contributed by atoms with Crippen LogP contribution in [0.25, 0.3) is 6.08 Å². The van der Waals surface area contributed by atoms with Crippen LogP contribution < -0.4 is 25.2 Å². The van der Waals surface area contributed by atoms with Crippen molar-refractivity contribution in [3.05, 3.63) is 114 Å². The zero-order valence-corrected chi connectivity index (χ0v) is 30.8. The van der Waals surface area contributed by atoms with Crippen LogP contribution in [0.3, 0.4) is 0 Å². The Hall–Kier alpha value is -4.84. The zero-order valence-electron chi connectivity index (χ0n) is 30.8. The molecule has 0 fully saturated rings. The van der Waals surface area contributed by atoms with Crippen molar-refractivity contribution in [1.82, 2.24) is 0 Å². The van der Waals surface area contributed by atoms with Crippen molar-refractivity contribution in [2.75, 3.05) is 40.6 Å². The van der Waals surface area contributed by atoms with Gasteiger partial charge in [-0.05, 0) is 133 Å². The van der Waals surface area contributed by atoms with Gasteiger partial charge < -0.3 is 30.3 Å². The molecule has 0 saturated heterocycles. The van der Waals surface area contributed by atoms with Gasteiger partial charge in [0, 0.05) is 53.5 Å². The van der Waals surface area contributed by atoms with Gasteiger partial charge in [0.2, 0.25) is 0 Å². The zero-order chi connectivity index (χ0) is 35.3. The average Bonchev–Trinajstić information content (AvgIpc) is 3.09. The molecular weight excluding hydrogens is 604 g/mol. The maximum atomic E-state index is 11.5. The van der Waals surface area contributed by atoms with Gasteiger partial charge in [0.1, 0.15) is 0 Å². The molecule has 0 heterocycles. The standard InChI is InChI=1S/C43H56N4O2/c1-9-12-13-15-33-18-20-34(21-19-33)16-14-17-35-30-40(44-36-22-26-38(27-23-36)46(10-2)31(4)5)42(48)43(49-8)41(35)45-37-24-28-39(29-25-37)47(11-3)32(6)7/h9,12,14,17-32,44-45,48H,10-11,13,15-16H2,1-8H3/b12-9?,17-14+. The topological polar surface area (TPSA) is 60.0 Å². The largest absolute Gasteiger partial charge is 0.503 e. The van der Waals surface area contributed by atoms with Crippen molar-refractivity contribution < 1.29 is 9.84 Å². The smallest absolute Gasteiger partial charge is 0.186 e. The summed E-state index contributed by atoms with van der Waals surface area (Å²) >= 11 is 0. The van der Waals surface area contributed by atoms with E-state index in [1.54, 1.807) is 7.11 Å². The van der Waals surface area contributed by atoms with E-state index >= 15 is 0 Å². The Labute approximate surface area is 295 Å². The predicted molar refractivity (Wildman–Crippen MR) is 213 cm³/mol. The number of hydrogen-bond donors (Lipinski definition) is 3. The molecule has 49 heavy (non-hydrogen) atoms. The summed E-state index contributed by atoms with van der Waals surface area (Å²) in [5, 5.41) is 18.5. The van der Waals surface area contributed by atoms with Crippen LogP contribution >= 0.6 is 0 Å². The first-order valence-electron chi connectivity index (χ1n) is 17.8. The van der Waals surface area contributed by atoms with E-state index in [1.807, 2.05) is 6.07 Å². The highest BCUT2D eigenvalue weighted by molar-refractivity contribution is 5.87. The van der Waals surface area contributed by atoms with Gasteiger partial charge in [-0.15, -0.1) is 0 Å². The second-order valence-electron chi connectivity index (χ2n) is 12.9. The van der Waals surface area contributed by atoms with Crippen molar-refractivity contribution in [2.45, 2.75) is 79.8 Å². The number of phenols is 1. The number of ether oxygens (including phenoxy) is 1. The minimum absolute atomic E-state index is 0.0469. The molecule has 4 aromatic carbocycles. The van der Waals surface area contributed by atoms with Crippen molar-refractivity contribution in [3.63, 3.8) is 0 Å². The van der Waals surface area contributed by atoms with E-state index in [0.717, 1.165) is 49.3 Å².